The molecular weight excluding hydrogens is 270 g/mol. The number of hydrogen-bond acceptors (Lipinski definition) is 3. The Labute approximate surface area is 104 Å². The zero-order valence-electron chi connectivity index (χ0n) is 9.29. The van der Waals surface area contributed by atoms with Gasteiger partial charge in [-0.25, -0.2) is 4.98 Å². The molecule has 0 saturated carbocycles. The number of rotatable bonds is 3. The third kappa shape index (κ3) is 4.44. The Hall–Kier alpha value is -1.36. The number of nitrogens with two attached hydrogens (primary N) is 1. The van der Waals surface area contributed by atoms with Crippen LogP contribution in [0.1, 0.15) is 23.7 Å². The van der Waals surface area contributed by atoms with Crippen LogP contribution in [0.5, 0.6) is 0 Å². The summed E-state index contributed by atoms with van der Waals surface area (Å²) < 4.78 is 0.744. The van der Waals surface area contributed by atoms with Crippen LogP contribution in [-0.4, -0.2) is 17.4 Å². The van der Waals surface area contributed by atoms with Gasteiger partial charge in [-0.15, -0.1) is 13.2 Å². The summed E-state index contributed by atoms with van der Waals surface area (Å²) in [6.07, 6.45) is 2.46. The third-order valence-electron chi connectivity index (χ3n) is 1.67. The van der Waals surface area contributed by atoms with Gasteiger partial charge in [0.15, 0.2) is 0 Å². The lowest BCUT2D eigenvalue weighted by Crippen LogP contribution is -2.25. The van der Waals surface area contributed by atoms with Crippen molar-refractivity contribution >= 4 is 27.7 Å². The molecule has 0 spiro atoms. The van der Waals surface area contributed by atoms with Crippen molar-refractivity contribution in [1.29, 1.82) is 0 Å². The summed E-state index contributed by atoms with van der Waals surface area (Å²) in [7, 11) is 0. The van der Waals surface area contributed by atoms with Crippen molar-refractivity contribution in [3.63, 3.8) is 0 Å². The lowest BCUT2D eigenvalue weighted by Gasteiger charge is -2.05. The number of amides is 1. The topological polar surface area (TPSA) is 68.0 Å². The molecule has 1 amide bonds. The largest absolute Gasteiger partial charge is 0.383 e. The van der Waals surface area contributed by atoms with E-state index in [-0.39, 0.29) is 11.7 Å². The molecule has 1 rings (SSSR count). The molecule has 0 aliphatic carbocycles. The average molecular weight is 286 g/mol. The lowest BCUT2D eigenvalue weighted by molar-refractivity contribution is 0.0954. The van der Waals surface area contributed by atoms with E-state index in [1.165, 1.54) is 0 Å². The molecule has 0 aromatic carbocycles. The fourth-order valence-electron chi connectivity index (χ4n) is 0.965. The summed E-state index contributed by atoms with van der Waals surface area (Å²) >= 11 is 3.23. The van der Waals surface area contributed by atoms with Gasteiger partial charge < -0.3 is 11.1 Å². The molecular formula is C11H16BrN3O. The van der Waals surface area contributed by atoms with Crippen LogP contribution in [0.15, 0.2) is 29.9 Å². The quantitative estimate of drug-likeness (QED) is 0.838. The van der Waals surface area contributed by atoms with Crippen LogP contribution in [0.4, 0.5) is 5.82 Å². The summed E-state index contributed by atoms with van der Waals surface area (Å²) in [5.74, 6) is 0.0694. The summed E-state index contributed by atoms with van der Waals surface area (Å²) in [6, 6.07) is 1.66. The molecule has 0 aliphatic heterocycles. The maximum absolute atomic E-state index is 11.5. The standard InChI is InChI=1S/C9H12BrN3O.C2H4/c1-2-3-12-9(14)7-4-6(10)5-13-8(7)11;1-2/h4-5H,2-3H2,1H3,(H2,11,13)(H,12,14);1-2H2. The molecule has 0 atom stereocenters. The van der Waals surface area contributed by atoms with Crippen molar-refractivity contribution in [2.45, 2.75) is 13.3 Å². The van der Waals surface area contributed by atoms with Gasteiger partial charge in [-0.2, -0.15) is 0 Å². The maximum atomic E-state index is 11.5. The predicted octanol–water partition coefficient (Wildman–Crippen LogP) is 2.37. The summed E-state index contributed by atoms with van der Waals surface area (Å²) in [6.45, 7) is 8.63. The number of aromatic nitrogens is 1. The summed E-state index contributed by atoms with van der Waals surface area (Å²) in [5, 5.41) is 2.74. The second-order valence-corrected chi connectivity index (χ2v) is 3.76. The summed E-state index contributed by atoms with van der Waals surface area (Å²) in [5.41, 5.74) is 5.98. The van der Waals surface area contributed by atoms with Gasteiger partial charge in [0, 0.05) is 17.2 Å². The van der Waals surface area contributed by atoms with Gasteiger partial charge in [0.2, 0.25) is 0 Å². The van der Waals surface area contributed by atoms with Crippen LogP contribution in [0, 0.1) is 0 Å². The maximum Gasteiger partial charge on any atom is 0.255 e. The summed E-state index contributed by atoms with van der Waals surface area (Å²) in [4.78, 5) is 15.4. The number of nitrogens with one attached hydrogen (secondary N) is 1. The number of carbonyl (C=O) groups is 1. The van der Waals surface area contributed by atoms with E-state index in [1.54, 1.807) is 12.3 Å². The molecule has 3 N–H and O–H groups in total. The van der Waals surface area contributed by atoms with Crippen molar-refractivity contribution in [3.8, 4) is 0 Å². The Morgan fingerprint density at radius 3 is 2.81 bits per heavy atom. The smallest absolute Gasteiger partial charge is 0.255 e. The molecule has 0 radical (unpaired) electrons. The number of halogens is 1. The van der Waals surface area contributed by atoms with Crippen LogP contribution in [0.25, 0.3) is 0 Å². The van der Waals surface area contributed by atoms with E-state index in [1.807, 2.05) is 6.92 Å². The van der Waals surface area contributed by atoms with E-state index in [4.69, 9.17) is 5.73 Å². The number of hydrogen-bond donors (Lipinski definition) is 2. The van der Waals surface area contributed by atoms with Crippen molar-refractivity contribution in [2.24, 2.45) is 0 Å². The molecule has 4 nitrogen and oxygen atoms in total. The zero-order valence-corrected chi connectivity index (χ0v) is 10.9. The highest BCUT2D eigenvalue weighted by Gasteiger charge is 2.09. The lowest BCUT2D eigenvalue weighted by atomic mass is 10.2. The molecule has 1 heterocycles. The highest BCUT2D eigenvalue weighted by Crippen LogP contribution is 2.15. The predicted molar refractivity (Wildman–Crippen MR) is 70.2 cm³/mol. The van der Waals surface area contributed by atoms with Gasteiger partial charge in [-0.1, -0.05) is 6.92 Å². The first-order valence-corrected chi connectivity index (χ1v) is 5.63. The highest BCUT2D eigenvalue weighted by atomic mass is 79.9. The molecule has 0 fully saturated rings. The molecule has 0 unspecified atom stereocenters. The van der Waals surface area contributed by atoms with Crippen molar-refractivity contribution in [1.82, 2.24) is 10.3 Å². The van der Waals surface area contributed by atoms with Gasteiger partial charge in [-0.05, 0) is 28.4 Å². The minimum atomic E-state index is -0.182. The average Bonchev–Trinajstić information content (AvgIpc) is 2.31. The van der Waals surface area contributed by atoms with Crippen LogP contribution < -0.4 is 11.1 Å². The molecule has 5 heteroatoms. The number of nitrogens with zero attached hydrogens (tertiary/aromatic N) is 1. The van der Waals surface area contributed by atoms with Crippen LogP contribution in [-0.2, 0) is 0 Å². The fourth-order valence-corrected chi connectivity index (χ4v) is 1.30. The monoisotopic (exact) mass is 285 g/mol. The first-order chi connectivity index (χ1) is 7.65. The Morgan fingerprint density at radius 1 is 1.62 bits per heavy atom. The molecule has 88 valence electrons. The fraction of sp³-hybridized carbons (Fsp3) is 0.273. The van der Waals surface area contributed by atoms with E-state index < -0.39 is 0 Å². The van der Waals surface area contributed by atoms with Crippen LogP contribution in [0.3, 0.4) is 0 Å². The normalized spacial score (nSPS) is 8.88. The Kier molecular flexibility index (Phi) is 7.20. The van der Waals surface area contributed by atoms with E-state index in [0.29, 0.717) is 12.1 Å². The number of carbonyl (C=O) groups excluding carboxylic acids is 1. The third-order valence-corrected chi connectivity index (χ3v) is 2.10. The van der Waals surface area contributed by atoms with Gasteiger partial charge in [-0.3, -0.25) is 4.79 Å². The van der Waals surface area contributed by atoms with Gasteiger partial charge in [0.25, 0.3) is 5.91 Å². The Balaban J connectivity index is 0.00000106. The SMILES string of the molecule is C=C.CCCNC(=O)c1cc(Br)cnc1N. The van der Waals surface area contributed by atoms with E-state index in [0.717, 1.165) is 10.9 Å². The van der Waals surface area contributed by atoms with Gasteiger partial charge >= 0.3 is 0 Å². The minimum absolute atomic E-state index is 0.182. The van der Waals surface area contributed by atoms with Gasteiger partial charge in [0.05, 0.1) is 5.56 Å². The highest BCUT2D eigenvalue weighted by molar-refractivity contribution is 9.10. The molecule has 0 aliphatic rings. The van der Waals surface area contributed by atoms with Crippen molar-refractivity contribution in [2.75, 3.05) is 12.3 Å². The molecule has 0 bridgehead atoms. The van der Waals surface area contributed by atoms with Crippen molar-refractivity contribution < 1.29 is 4.79 Å². The first-order valence-electron chi connectivity index (χ1n) is 4.84. The Bertz CT molecular complexity index is 355. The van der Waals surface area contributed by atoms with Crippen LogP contribution in [0.2, 0.25) is 0 Å². The number of nitrogen functional groups attached to an aromatic ring is 1. The molecule has 16 heavy (non-hydrogen) atoms. The Morgan fingerprint density at radius 2 is 2.25 bits per heavy atom. The number of anilines is 1. The first kappa shape index (κ1) is 14.6. The van der Waals surface area contributed by atoms with E-state index in [2.05, 4.69) is 39.4 Å². The van der Waals surface area contributed by atoms with E-state index in [9.17, 15) is 4.79 Å². The number of pyridine rings is 1. The molecule has 1 aromatic heterocycles. The van der Waals surface area contributed by atoms with Crippen molar-refractivity contribution in [3.05, 3.63) is 35.5 Å². The van der Waals surface area contributed by atoms with Gasteiger partial charge in [0.1, 0.15) is 5.82 Å². The van der Waals surface area contributed by atoms with E-state index >= 15 is 0 Å². The second kappa shape index (κ2) is 7.87. The molecule has 1 aromatic rings. The second-order valence-electron chi connectivity index (χ2n) is 2.84. The van der Waals surface area contributed by atoms with Crippen LogP contribution >= 0.6 is 15.9 Å². The minimum Gasteiger partial charge on any atom is -0.383 e. The zero-order chi connectivity index (χ0) is 12.6. The molecule has 0 saturated heterocycles.